The molecule has 0 saturated carbocycles. The lowest BCUT2D eigenvalue weighted by Crippen LogP contribution is -2.54. The van der Waals surface area contributed by atoms with E-state index in [2.05, 4.69) is 26.1 Å². The molecule has 15 heteroatoms. The van der Waals surface area contributed by atoms with Gasteiger partial charge < -0.3 is 29.9 Å². The summed E-state index contributed by atoms with van der Waals surface area (Å²) in [4.78, 5) is 48.1. The molecule has 0 radical (unpaired) electrons. The fourth-order valence-corrected chi connectivity index (χ4v) is 9.20. The Kier molecular flexibility index (Phi) is 10.6. The van der Waals surface area contributed by atoms with Gasteiger partial charge >= 0.3 is 12.1 Å². The molecule has 1 atom stereocenters. The first-order valence-electron chi connectivity index (χ1n) is 16.8. The van der Waals surface area contributed by atoms with Gasteiger partial charge in [-0.2, -0.15) is 0 Å². The summed E-state index contributed by atoms with van der Waals surface area (Å²) in [6.45, 7) is 3.43. The number of phenols is 1. The Hall–Kier alpha value is -3.30. The number of hydrogen-bond donors (Lipinski definition) is 2. The Morgan fingerprint density at radius 1 is 0.958 bits per heavy atom. The molecule has 0 spiro atoms. The fourth-order valence-electron chi connectivity index (χ4n) is 7.36. The van der Waals surface area contributed by atoms with Crippen molar-refractivity contribution in [2.24, 2.45) is 0 Å². The summed E-state index contributed by atoms with van der Waals surface area (Å²) in [6, 6.07) is 11.4. The van der Waals surface area contributed by atoms with E-state index in [4.69, 9.17) is 4.74 Å². The molecule has 0 bridgehead atoms. The molecule has 0 unspecified atom stereocenters. The van der Waals surface area contributed by atoms with Gasteiger partial charge in [-0.3, -0.25) is 9.69 Å². The number of benzene rings is 2. The third kappa shape index (κ3) is 7.94. The van der Waals surface area contributed by atoms with Crippen molar-refractivity contribution >= 4 is 62.8 Å². The SMILES string of the molecule is Bc1cc(C[C@@H](OC(=O)N2CCC(N3CCc4ccccc4NC3=O)CC2)C(=O)N2CCC(N3CCS(=O)(=O)CC3)CC2)cc(Br)c1O. The van der Waals surface area contributed by atoms with Gasteiger partial charge in [0, 0.05) is 70.0 Å². The van der Waals surface area contributed by atoms with Crippen molar-refractivity contribution in [3.05, 3.63) is 52.0 Å². The fraction of sp³-hybridized carbons (Fsp3) is 0.545. The summed E-state index contributed by atoms with van der Waals surface area (Å²) >= 11 is 3.39. The van der Waals surface area contributed by atoms with Gasteiger partial charge in [-0.1, -0.05) is 24.3 Å². The van der Waals surface area contributed by atoms with Crippen LogP contribution in [-0.2, 0) is 32.2 Å². The van der Waals surface area contributed by atoms with Crippen LogP contribution in [0.15, 0.2) is 40.9 Å². The number of carbonyl (C=O) groups excluding carboxylic acids is 3. The van der Waals surface area contributed by atoms with Crippen LogP contribution >= 0.6 is 15.9 Å². The summed E-state index contributed by atoms with van der Waals surface area (Å²) in [6.07, 6.45) is 1.94. The molecule has 3 saturated heterocycles. The number of hydrogen-bond acceptors (Lipinski definition) is 8. The zero-order chi connectivity index (χ0) is 34.0. The predicted molar refractivity (Wildman–Crippen MR) is 188 cm³/mol. The van der Waals surface area contributed by atoms with Gasteiger partial charge in [0.2, 0.25) is 0 Å². The molecular formula is C33H43BBrN5O7S. The molecule has 6 rings (SSSR count). The van der Waals surface area contributed by atoms with E-state index in [1.54, 1.807) is 29.8 Å². The Labute approximate surface area is 291 Å². The van der Waals surface area contributed by atoms with Crippen LogP contribution in [0.1, 0.15) is 36.8 Å². The van der Waals surface area contributed by atoms with Crippen LogP contribution in [0.3, 0.4) is 0 Å². The lowest BCUT2D eigenvalue weighted by molar-refractivity contribution is -0.142. The first-order valence-corrected chi connectivity index (χ1v) is 19.4. The molecule has 4 amide bonds. The van der Waals surface area contributed by atoms with Gasteiger partial charge in [-0.15, -0.1) is 0 Å². The minimum absolute atomic E-state index is 0.0144. The monoisotopic (exact) mass is 743 g/mol. The number of likely N-dealkylation sites (tertiary alicyclic amines) is 2. The molecule has 12 nitrogen and oxygen atoms in total. The standard InChI is InChI=1S/C33H43BBrN5O7S/c34-26-19-22(20-27(35)30(26)41)21-29(31(42)38-10-6-24(7-11-38)37-15-17-48(45,46)18-16-37)47-33(44)39-12-8-25(9-13-39)40-14-5-23-3-1-2-4-28(23)36-32(40)43/h1-4,19-20,24-25,29,41H,5-18,21,34H2,(H,36,43)/t29-/m1/s1. The number of carbonyl (C=O) groups is 3. The number of fused-ring (bicyclic) bond motifs is 1. The Bertz CT molecular complexity index is 1610. The van der Waals surface area contributed by atoms with E-state index in [1.807, 2.05) is 29.2 Å². The number of halogens is 1. The summed E-state index contributed by atoms with van der Waals surface area (Å²) < 4.78 is 30.3. The smallest absolute Gasteiger partial charge is 0.410 e. The van der Waals surface area contributed by atoms with Gasteiger partial charge in [0.15, 0.2) is 15.9 Å². The van der Waals surface area contributed by atoms with Gasteiger partial charge in [-0.25, -0.2) is 18.0 Å². The third-order valence-corrected chi connectivity index (χ3v) is 12.4. The summed E-state index contributed by atoms with van der Waals surface area (Å²) in [7, 11) is -1.20. The predicted octanol–water partition coefficient (Wildman–Crippen LogP) is 1.74. The highest BCUT2D eigenvalue weighted by Gasteiger charge is 2.37. The van der Waals surface area contributed by atoms with E-state index in [-0.39, 0.29) is 47.7 Å². The van der Waals surface area contributed by atoms with Crippen molar-refractivity contribution in [1.29, 1.82) is 0 Å². The summed E-state index contributed by atoms with van der Waals surface area (Å²) in [5, 5.41) is 13.3. The minimum Gasteiger partial charge on any atom is -0.507 e. The molecule has 0 aliphatic carbocycles. The number of anilines is 1. The molecule has 2 aromatic rings. The topological polar surface area (TPSA) is 140 Å². The molecule has 4 heterocycles. The van der Waals surface area contributed by atoms with Crippen molar-refractivity contribution in [1.82, 2.24) is 19.6 Å². The van der Waals surface area contributed by atoms with Gasteiger partial charge in [-0.05, 0) is 76.8 Å². The number of rotatable bonds is 6. The van der Waals surface area contributed by atoms with Crippen LogP contribution in [0.4, 0.5) is 15.3 Å². The molecule has 48 heavy (non-hydrogen) atoms. The van der Waals surface area contributed by atoms with Crippen LogP contribution in [0.2, 0.25) is 0 Å². The number of nitrogens with zero attached hydrogens (tertiary/aromatic N) is 4. The average molecular weight is 745 g/mol. The highest BCUT2D eigenvalue weighted by molar-refractivity contribution is 9.10. The van der Waals surface area contributed by atoms with Gasteiger partial charge in [0.05, 0.1) is 16.0 Å². The summed E-state index contributed by atoms with van der Waals surface area (Å²) in [5.41, 5.74) is 3.33. The lowest BCUT2D eigenvalue weighted by Gasteiger charge is -2.41. The van der Waals surface area contributed by atoms with E-state index in [1.165, 1.54) is 0 Å². The minimum atomic E-state index is -2.97. The van der Waals surface area contributed by atoms with E-state index in [0.717, 1.165) is 36.1 Å². The van der Waals surface area contributed by atoms with Crippen molar-refractivity contribution in [2.45, 2.75) is 56.7 Å². The maximum Gasteiger partial charge on any atom is 0.410 e. The largest absolute Gasteiger partial charge is 0.507 e. The average Bonchev–Trinajstić information content (AvgIpc) is 3.24. The van der Waals surface area contributed by atoms with Crippen molar-refractivity contribution in [3.63, 3.8) is 0 Å². The number of nitrogens with one attached hydrogen (secondary N) is 1. The lowest BCUT2D eigenvalue weighted by atomic mass is 9.91. The van der Waals surface area contributed by atoms with E-state index >= 15 is 0 Å². The molecule has 0 aromatic heterocycles. The first kappa shape index (κ1) is 34.6. The highest BCUT2D eigenvalue weighted by atomic mass is 79.9. The Balaban J connectivity index is 1.08. The number of aromatic hydroxyl groups is 1. The maximum atomic E-state index is 14.0. The van der Waals surface area contributed by atoms with E-state index < -0.39 is 22.0 Å². The van der Waals surface area contributed by atoms with Gasteiger partial charge in [0.1, 0.15) is 13.6 Å². The Morgan fingerprint density at radius 2 is 1.60 bits per heavy atom. The maximum absolute atomic E-state index is 14.0. The number of sulfone groups is 1. The molecular weight excluding hydrogens is 701 g/mol. The summed E-state index contributed by atoms with van der Waals surface area (Å²) in [5.74, 6) is 0.196. The van der Waals surface area contributed by atoms with Crippen molar-refractivity contribution in [3.8, 4) is 5.75 Å². The first-order chi connectivity index (χ1) is 23.0. The molecule has 4 aliphatic rings. The van der Waals surface area contributed by atoms with Gasteiger partial charge in [0.25, 0.3) is 5.91 Å². The number of amides is 4. The molecule has 2 aromatic carbocycles. The van der Waals surface area contributed by atoms with Crippen LogP contribution in [0.5, 0.6) is 5.75 Å². The Morgan fingerprint density at radius 3 is 2.29 bits per heavy atom. The van der Waals surface area contributed by atoms with E-state index in [0.29, 0.717) is 68.6 Å². The molecule has 258 valence electrons. The van der Waals surface area contributed by atoms with E-state index in [9.17, 15) is 27.9 Å². The molecule has 4 aliphatic heterocycles. The number of phenolic OH excluding ortho intramolecular Hbond substituents is 1. The molecule has 3 fully saturated rings. The number of para-hydroxylation sites is 1. The zero-order valence-electron chi connectivity index (χ0n) is 27.3. The molecule has 2 N–H and O–H groups in total. The van der Waals surface area contributed by atoms with Crippen molar-refractivity contribution < 1.29 is 32.6 Å². The van der Waals surface area contributed by atoms with Crippen LogP contribution in [0.25, 0.3) is 0 Å². The highest BCUT2D eigenvalue weighted by Crippen LogP contribution is 2.27. The zero-order valence-corrected chi connectivity index (χ0v) is 29.7. The second-order valence-corrected chi connectivity index (χ2v) is 16.5. The normalized spacial score (nSPS) is 21.6. The number of ether oxygens (including phenoxy) is 1. The van der Waals surface area contributed by atoms with Crippen LogP contribution in [-0.4, -0.2) is 135 Å². The number of urea groups is 1. The second-order valence-electron chi connectivity index (χ2n) is 13.3. The van der Waals surface area contributed by atoms with Crippen molar-refractivity contribution in [2.75, 3.05) is 62.6 Å². The quantitative estimate of drug-likeness (QED) is 0.427. The van der Waals surface area contributed by atoms with Crippen LogP contribution in [0, 0.1) is 0 Å². The number of piperidine rings is 2. The second kappa shape index (κ2) is 14.7. The van der Waals surface area contributed by atoms with Crippen LogP contribution < -0.4 is 10.8 Å². The third-order valence-electron chi connectivity index (χ3n) is 10.2.